The molecule has 2 fully saturated rings. The van der Waals surface area contributed by atoms with Gasteiger partial charge in [0.2, 0.25) is 10.0 Å². The van der Waals surface area contributed by atoms with Crippen LogP contribution in [0, 0.1) is 0 Å². The summed E-state index contributed by atoms with van der Waals surface area (Å²) in [5.41, 5.74) is 1.25. The number of piperidine rings is 1. The van der Waals surface area contributed by atoms with Crippen LogP contribution < -0.4 is 0 Å². The van der Waals surface area contributed by atoms with Gasteiger partial charge >= 0.3 is 0 Å². The van der Waals surface area contributed by atoms with Crippen LogP contribution in [0.3, 0.4) is 0 Å². The number of hydrogen-bond donors (Lipinski definition) is 0. The van der Waals surface area contributed by atoms with Crippen molar-refractivity contribution in [3.8, 4) is 0 Å². The minimum Gasteiger partial charge on any atom is -0.297 e. The molecule has 3 heterocycles. The number of thiophene rings is 1. The highest BCUT2D eigenvalue weighted by atomic mass is 32.2. The molecule has 2 saturated heterocycles. The smallest absolute Gasteiger partial charge is 0.211 e. The van der Waals surface area contributed by atoms with E-state index in [2.05, 4.69) is 46.7 Å². The topological polar surface area (TPSA) is 40.6 Å². The van der Waals surface area contributed by atoms with E-state index in [1.54, 1.807) is 15.6 Å². The molecule has 0 saturated carbocycles. The van der Waals surface area contributed by atoms with E-state index in [1.165, 1.54) is 16.7 Å². The first kappa shape index (κ1) is 17.2. The molecule has 2 aliphatic heterocycles. The van der Waals surface area contributed by atoms with E-state index in [0.29, 0.717) is 6.54 Å². The molecule has 4 rings (SSSR count). The van der Waals surface area contributed by atoms with Crippen molar-refractivity contribution < 1.29 is 8.42 Å². The van der Waals surface area contributed by atoms with Crippen molar-refractivity contribution in [1.82, 2.24) is 9.21 Å². The summed E-state index contributed by atoms with van der Waals surface area (Å²) < 4.78 is 26.5. The van der Waals surface area contributed by atoms with Gasteiger partial charge in [0, 0.05) is 36.0 Å². The van der Waals surface area contributed by atoms with Gasteiger partial charge in [-0.2, -0.15) is 4.31 Å². The minimum atomic E-state index is -3.20. The molecule has 25 heavy (non-hydrogen) atoms. The van der Waals surface area contributed by atoms with Crippen LogP contribution in [-0.2, 0) is 22.0 Å². The highest BCUT2D eigenvalue weighted by Crippen LogP contribution is 2.46. The lowest BCUT2D eigenvalue weighted by molar-refractivity contribution is 0.111. The molecule has 0 amide bonds. The average Bonchev–Trinajstić information content (AvgIpc) is 3.23. The molecule has 6 heteroatoms. The van der Waals surface area contributed by atoms with Gasteiger partial charge in [0.25, 0.3) is 0 Å². The number of likely N-dealkylation sites (tertiary alicyclic amines) is 1. The first-order chi connectivity index (χ1) is 12.0. The SMILES string of the molecule is CS(=O)(=O)N1CC[C@]2(c3ccccc3)CCN(Cc3cccs3)C[C@@H]12. The Balaban J connectivity index is 1.66. The third kappa shape index (κ3) is 3.16. The lowest BCUT2D eigenvalue weighted by Crippen LogP contribution is -2.56. The Morgan fingerprint density at radius 1 is 1.12 bits per heavy atom. The molecule has 0 N–H and O–H groups in total. The van der Waals surface area contributed by atoms with Crippen LogP contribution in [0.2, 0.25) is 0 Å². The highest BCUT2D eigenvalue weighted by Gasteiger charge is 2.53. The Hall–Kier alpha value is -1.21. The predicted octanol–water partition coefficient (Wildman–Crippen LogP) is 2.93. The third-order valence-electron chi connectivity index (χ3n) is 5.80. The summed E-state index contributed by atoms with van der Waals surface area (Å²) in [7, 11) is -3.20. The normalized spacial score (nSPS) is 28.1. The van der Waals surface area contributed by atoms with E-state index in [9.17, 15) is 8.42 Å². The molecule has 0 radical (unpaired) electrons. The van der Waals surface area contributed by atoms with Crippen LogP contribution in [0.1, 0.15) is 23.3 Å². The lowest BCUT2D eigenvalue weighted by atomic mass is 9.69. The van der Waals surface area contributed by atoms with Crippen LogP contribution in [0.15, 0.2) is 47.8 Å². The molecule has 0 unspecified atom stereocenters. The fourth-order valence-electron chi connectivity index (χ4n) is 4.57. The fourth-order valence-corrected chi connectivity index (χ4v) is 6.47. The molecule has 0 spiro atoms. The molecular weight excluding hydrogens is 352 g/mol. The lowest BCUT2D eigenvalue weighted by Gasteiger charge is -2.46. The van der Waals surface area contributed by atoms with E-state index in [-0.39, 0.29) is 11.5 Å². The Kier molecular flexibility index (Phi) is 4.48. The van der Waals surface area contributed by atoms with Crippen molar-refractivity contribution in [3.05, 3.63) is 58.3 Å². The van der Waals surface area contributed by atoms with Crippen molar-refractivity contribution in [2.24, 2.45) is 0 Å². The predicted molar refractivity (Wildman–Crippen MR) is 102 cm³/mol. The summed E-state index contributed by atoms with van der Waals surface area (Å²) in [6.45, 7) is 3.36. The number of hydrogen-bond acceptors (Lipinski definition) is 4. The minimum absolute atomic E-state index is 0.0265. The summed E-state index contributed by atoms with van der Waals surface area (Å²) in [6, 6.07) is 14.8. The first-order valence-corrected chi connectivity index (χ1v) is 11.5. The van der Waals surface area contributed by atoms with E-state index in [4.69, 9.17) is 0 Å². The second-order valence-corrected chi connectivity index (χ2v) is 10.2. The third-order valence-corrected chi connectivity index (χ3v) is 7.95. The second-order valence-electron chi connectivity index (χ2n) is 7.23. The molecule has 4 nitrogen and oxygen atoms in total. The fraction of sp³-hybridized carbons (Fsp3) is 0.474. The Morgan fingerprint density at radius 3 is 2.56 bits per heavy atom. The Bertz CT molecular complexity index is 820. The van der Waals surface area contributed by atoms with Crippen molar-refractivity contribution >= 4 is 21.4 Å². The second kappa shape index (κ2) is 6.50. The largest absolute Gasteiger partial charge is 0.297 e. The van der Waals surface area contributed by atoms with Crippen molar-refractivity contribution in [2.45, 2.75) is 30.8 Å². The van der Waals surface area contributed by atoms with E-state index in [1.807, 2.05) is 6.07 Å². The summed E-state index contributed by atoms with van der Waals surface area (Å²) in [5, 5.41) is 2.10. The van der Waals surface area contributed by atoms with Gasteiger partial charge in [0.15, 0.2) is 0 Å². The molecule has 134 valence electrons. The van der Waals surface area contributed by atoms with E-state index >= 15 is 0 Å². The van der Waals surface area contributed by atoms with Crippen molar-refractivity contribution in [3.63, 3.8) is 0 Å². The Morgan fingerprint density at radius 2 is 1.88 bits per heavy atom. The van der Waals surface area contributed by atoms with E-state index in [0.717, 1.165) is 32.5 Å². The number of fused-ring (bicyclic) bond motifs is 1. The Labute approximate surface area is 154 Å². The van der Waals surface area contributed by atoms with Gasteiger partial charge in [0.1, 0.15) is 0 Å². The molecule has 1 aromatic heterocycles. The van der Waals surface area contributed by atoms with Crippen LogP contribution in [0.4, 0.5) is 0 Å². The van der Waals surface area contributed by atoms with Crippen LogP contribution >= 0.6 is 11.3 Å². The maximum absolute atomic E-state index is 12.4. The van der Waals surface area contributed by atoms with Crippen LogP contribution in [0.5, 0.6) is 0 Å². The van der Waals surface area contributed by atoms with Gasteiger partial charge in [-0.25, -0.2) is 8.42 Å². The molecule has 2 atom stereocenters. The first-order valence-electron chi connectivity index (χ1n) is 8.76. The maximum Gasteiger partial charge on any atom is 0.211 e. The molecular formula is C19H24N2O2S2. The maximum atomic E-state index is 12.4. The van der Waals surface area contributed by atoms with Gasteiger partial charge in [-0.05, 0) is 36.4 Å². The van der Waals surface area contributed by atoms with Gasteiger partial charge < -0.3 is 0 Å². The molecule has 2 aromatic rings. The van der Waals surface area contributed by atoms with Crippen LogP contribution in [0.25, 0.3) is 0 Å². The number of sulfonamides is 1. The van der Waals surface area contributed by atoms with Gasteiger partial charge in [-0.3, -0.25) is 4.90 Å². The summed E-state index contributed by atoms with van der Waals surface area (Å²) in [4.78, 5) is 3.76. The molecule has 0 bridgehead atoms. The zero-order valence-electron chi connectivity index (χ0n) is 14.5. The zero-order chi connectivity index (χ0) is 17.5. The number of benzene rings is 1. The quantitative estimate of drug-likeness (QED) is 0.824. The monoisotopic (exact) mass is 376 g/mol. The van der Waals surface area contributed by atoms with Gasteiger partial charge in [0.05, 0.1) is 6.26 Å². The van der Waals surface area contributed by atoms with Crippen LogP contribution in [-0.4, -0.2) is 49.6 Å². The summed E-state index contributed by atoms with van der Waals surface area (Å²) in [6.07, 6.45) is 3.28. The van der Waals surface area contributed by atoms with Gasteiger partial charge in [-0.1, -0.05) is 36.4 Å². The van der Waals surface area contributed by atoms with Gasteiger partial charge in [-0.15, -0.1) is 11.3 Å². The summed E-state index contributed by atoms with van der Waals surface area (Å²) in [5.74, 6) is 0. The average molecular weight is 377 g/mol. The van der Waals surface area contributed by atoms with Crippen molar-refractivity contribution in [2.75, 3.05) is 25.9 Å². The number of rotatable bonds is 4. The highest BCUT2D eigenvalue weighted by molar-refractivity contribution is 7.88. The standard InChI is InChI=1S/C19H24N2O2S2/c1-25(22,23)21-12-10-19(16-6-3-2-4-7-16)9-11-20(15-18(19)21)14-17-8-5-13-24-17/h2-8,13,18H,9-12,14-15H2,1H3/t18-,19+/m1/s1. The van der Waals surface area contributed by atoms with Crippen molar-refractivity contribution in [1.29, 1.82) is 0 Å². The molecule has 0 aliphatic carbocycles. The molecule has 1 aromatic carbocycles. The molecule has 2 aliphatic rings. The zero-order valence-corrected chi connectivity index (χ0v) is 16.1. The summed E-state index contributed by atoms with van der Waals surface area (Å²) >= 11 is 1.77. The van der Waals surface area contributed by atoms with E-state index < -0.39 is 10.0 Å². The number of nitrogens with zero attached hydrogens (tertiary/aromatic N) is 2.